The molecule has 164 valence electrons. The Morgan fingerprint density at radius 3 is 2.30 bits per heavy atom. The van der Waals surface area contributed by atoms with Crippen LogP contribution in [0.2, 0.25) is 0 Å². The summed E-state index contributed by atoms with van der Waals surface area (Å²) >= 11 is 0. The highest BCUT2D eigenvalue weighted by Gasteiger charge is 2.51. The van der Waals surface area contributed by atoms with E-state index in [-0.39, 0.29) is 5.92 Å². The fourth-order valence-electron chi connectivity index (χ4n) is 3.44. The van der Waals surface area contributed by atoms with E-state index < -0.39 is 41.9 Å². The van der Waals surface area contributed by atoms with E-state index in [2.05, 4.69) is 10.6 Å². The highest BCUT2D eigenvalue weighted by atomic mass is 16.5. The molecule has 2 N–H and O–H groups in total. The van der Waals surface area contributed by atoms with Gasteiger partial charge in [0.05, 0.1) is 14.2 Å². The lowest BCUT2D eigenvalue weighted by atomic mass is 9.87. The topological polar surface area (TPSA) is 114 Å². The standard InChI is InChI=1S/C21H29N3O6/c1-6-13(3)17(18(26)30-5)22-16(25)12-24-19(27)21(7-2,23-20(24)28)14-8-10-15(29-4)11-9-14/h8-11,13,17H,6-7,12H2,1-5H3,(H,22,25)(H,23,28)/t13-,17-,21+/m0/s1. The Labute approximate surface area is 176 Å². The zero-order valence-electron chi connectivity index (χ0n) is 18.0. The summed E-state index contributed by atoms with van der Waals surface area (Å²) in [5.74, 6) is -1.25. The molecule has 1 aromatic carbocycles. The lowest BCUT2D eigenvalue weighted by Gasteiger charge is -2.26. The summed E-state index contributed by atoms with van der Waals surface area (Å²) < 4.78 is 9.89. The number of benzene rings is 1. The number of methoxy groups -OCH3 is 2. The van der Waals surface area contributed by atoms with E-state index in [1.54, 1.807) is 38.1 Å². The molecule has 1 saturated heterocycles. The van der Waals surface area contributed by atoms with E-state index >= 15 is 0 Å². The molecule has 1 aliphatic heterocycles. The van der Waals surface area contributed by atoms with Gasteiger partial charge in [0.2, 0.25) is 5.91 Å². The molecule has 9 nitrogen and oxygen atoms in total. The molecule has 0 bridgehead atoms. The van der Waals surface area contributed by atoms with E-state index in [9.17, 15) is 19.2 Å². The van der Waals surface area contributed by atoms with E-state index in [0.29, 0.717) is 24.2 Å². The summed E-state index contributed by atoms with van der Waals surface area (Å²) in [6, 6.07) is 5.31. The molecule has 1 heterocycles. The molecular formula is C21H29N3O6. The van der Waals surface area contributed by atoms with Crippen molar-refractivity contribution in [2.24, 2.45) is 5.92 Å². The summed E-state index contributed by atoms with van der Waals surface area (Å²) in [6.07, 6.45) is 0.944. The number of nitrogens with one attached hydrogen (secondary N) is 2. The fraction of sp³-hybridized carbons (Fsp3) is 0.524. The average Bonchev–Trinajstić information content (AvgIpc) is 3.01. The van der Waals surface area contributed by atoms with Gasteiger partial charge < -0.3 is 20.1 Å². The molecule has 30 heavy (non-hydrogen) atoms. The van der Waals surface area contributed by atoms with Gasteiger partial charge in [0, 0.05) is 0 Å². The van der Waals surface area contributed by atoms with Crippen molar-refractivity contribution in [2.75, 3.05) is 20.8 Å². The van der Waals surface area contributed by atoms with Crippen molar-refractivity contribution >= 4 is 23.8 Å². The second-order valence-electron chi connectivity index (χ2n) is 7.26. The molecule has 4 amide bonds. The Hall–Kier alpha value is -3.10. The number of hydrogen-bond donors (Lipinski definition) is 2. The lowest BCUT2D eigenvalue weighted by molar-refractivity contribution is -0.146. The normalized spacial score (nSPS) is 20.4. The zero-order chi connectivity index (χ0) is 22.5. The SMILES string of the molecule is CC[C@H](C)[C@H](NC(=O)CN1C(=O)N[C@](CC)(c2ccc(OC)cc2)C1=O)C(=O)OC. The van der Waals surface area contributed by atoms with Gasteiger partial charge in [-0.25, -0.2) is 9.59 Å². The van der Waals surface area contributed by atoms with Gasteiger partial charge in [0.1, 0.15) is 23.9 Å². The van der Waals surface area contributed by atoms with Crippen molar-refractivity contribution < 1.29 is 28.7 Å². The van der Waals surface area contributed by atoms with E-state index in [1.807, 2.05) is 6.92 Å². The van der Waals surface area contributed by atoms with E-state index in [1.165, 1.54) is 14.2 Å². The van der Waals surface area contributed by atoms with Crippen LogP contribution in [0, 0.1) is 5.92 Å². The molecule has 0 spiro atoms. The predicted molar refractivity (Wildman–Crippen MR) is 109 cm³/mol. The summed E-state index contributed by atoms with van der Waals surface area (Å²) in [7, 11) is 2.78. The number of nitrogens with zero attached hydrogens (tertiary/aromatic N) is 1. The molecule has 0 radical (unpaired) electrons. The van der Waals surface area contributed by atoms with Crippen molar-refractivity contribution in [3.05, 3.63) is 29.8 Å². The Bertz CT molecular complexity index is 809. The van der Waals surface area contributed by atoms with Crippen LogP contribution in [-0.2, 0) is 24.7 Å². The van der Waals surface area contributed by atoms with Crippen molar-refractivity contribution in [1.29, 1.82) is 0 Å². The maximum atomic E-state index is 13.2. The maximum Gasteiger partial charge on any atom is 0.328 e. The van der Waals surface area contributed by atoms with Gasteiger partial charge in [-0.1, -0.05) is 39.3 Å². The van der Waals surface area contributed by atoms with Gasteiger partial charge in [0.15, 0.2) is 0 Å². The predicted octanol–water partition coefficient (Wildman–Crippen LogP) is 1.56. The van der Waals surface area contributed by atoms with E-state index in [4.69, 9.17) is 9.47 Å². The molecule has 2 rings (SSSR count). The zero-order valence-corrected chi connectivity index (χ0v) is 18.0. The first kappa shape index (κ1) is 23.2. The molecule has 9 heteroatoms. The smallest absolute Gasteiger partial charge is 0.328 e. The Balaban J connectivity index is 2.20. The third-order valence-corrected chi connectivity index (χ3v) is 5.58. The summed E-state index contributed by atoms with van der Waals surface area (Å²) in [5.41, 5.74) is -0.665. The van der Waals surface area contributed by atoms with Crippen LogP contribution >= 0.6 is 0 Å². The van der Waals surface area contributed by atoms with Crippen molar-refractivity contribution in [3.8, 4) is 5.75 Å². The van der Waals surface area contributed by atoms with Gasteiger partial charge in [0.25, 0.3) is 5.91 Å². The van der Waals surface area contributed by atoms with Crippen LogP contribution in [0.1, 0.15) is 39.2 Å². The van der Waals surface area contributed by atoms with Crippen LogP contribution < -0.4 is 15.4 Å². The first-order valence-corrected chi connectivity index (χ1v) is 9.89. The van der Waals surface area contributed by atoms with Gasteiger partial charge in [-0.05, 0) is 30.0 Å². The molecule has 0 saturated carbocycles. The number of esters is 1. The van der Waals surface area contributed by atoms with Gasteiger partial charge in [-0.15, -0.1) is 0 Å². The number of carbonyl (C=O) groups excluding carboxylic acids is 4. The number of hydrogen-bond acceptors (Lipinski definition) is 6. The summed E-state index contributed by atoms with van der Waals surface area (Å²) in [5, 5.41) is 5.30. The van der Waals surface area contributed by atoms with Gasteiger partial charge >= 0.3 is 12.0 Å². The number of imide groups is 1. The molecule has 0 aromatic heterocycles. The summed E-state index contributed by atoms with van der Waals surface area (Å²) in [6.45, 7) is 4.98. The molecule has 0 unspecified atom stereocenters. The second-order valence-corrected chi connectivity index (χ2v) is 7.26. The minimum Gasteiger partial charge on any atom is -0.497 e. The van der Waals surface area contributed by atoms with Crippen LogP contribution in [0.25, 0.3) is 0 Å². The van der Waals surface area contributed by atoms with Crippen LogP contribution in [0.5, 0.6) is 5.75 Å². The molecule has 1 fully saturated rings. The van der Waals surface area contributed by atoms with Gasteiger partial charge in [-0.3, -0.25) is 14.5 Å². The quantitative estimate of drug-likeness (QED) is 0.464. The largest absolute Gasteiger partial charge is 0.497 e. The average molecular weight is 419 g/mol. The Morgan fingerprint density at radius 2 is 1.80 bits per heavy atom. The van der Waals surface area contributed by atoms with Crippen LogP contribution in [0.4, 0.5) is 4.79 Å². The third-order valence-electron chi connectivity index (χ3n) is 5.58. The molecule has 3 atom stereocenters. The van der Waals surface area contributed by atoms with Gasteiger partial charge in [-0.2, -0.15) is 0 Å². The monoisotopic (exact) mass is 419 g/mol. The number of carbonyl (C=O) groups is 4. The summed E-state index contributed by atoms with van der Waals surface area (Å²) in [4.78, 5) is 51.1. The number of amides is 4. The first-order valence-electron chi connectivity index (χ1n) is 9.89. The Kier molecular flexibility index (Phi) is 7.42. The number of ether oxygens (including phenoxy) is 2. The molecular weight excluding hydrogens is 390 g/mol. The number of urea groups is 1. The fourth-order valence-corrected chi connectivity index (χ4v) is 3.44. The highest BCUT2D eigenvalue weighted by Crippen LogP contribution is 2.33. The molecule has 1 aromatic rings. The van der Waals surface area contributed by atoms with E-state index in [0.717, 1.165) is 4.90 Å². The third kappa shape index (κ3) is 4.39. The first-order chi connectivity index (χ1) is 14.2. The minimum atomic E-state index is -1.26. The lowest BCUT2D eigenvalue weighted by Crippen LogP contribution is -2.50. The second kappa shape index (κ2) is 9.60. The van der Waals surface area contributed by atoms with Crippen LogP contribution in [0.3, 0.4) is 0 Å². The Morgan fingerprint density at radius 1 is 1.17 bits per heavy atom. The van der Waals surface area contributed by atoms with Crippen LogP contribution in [0.15, 0.2) is 24.3 Å². The maximum absolute atomic E-state index is 13.2. The number of rotatable bonds is 9. The van der Waals surface area contributed by atoms with Crippen molar-refractivity contribution in [2.45, 2.75) is 45.2 Å². The highest BCUT2D eigenvalue weighted by molar-refractivity contribution is 6.09. The minimum absolute atomic E-state index is 0.168. The van der Waals surface area contributed by atoms with Crippen molar-refractivity contribution in [3.63, 3.8) is 0 Å². The molecule has 0 aliphatic carbocycles. The van der Waals surface area contributed by atoms with Crippen molar-refractivity contribution in [1.82, 2.24) is 15.5 Å². The van der Waals surface area contributed by atoms with Crippen LogP contribution in [-0.4, -0.2) is 55.5 Å². The molecule has 1 aliphatic rings.